The molecule has 7 nitrogen and oxygen atoms in total. The maximum Gasteiger partial charge on any atom is 0.350 e. The Balaban J connectivity index is 1.81. The lowest BCUT2D eigenvalue weighted by Crippen LogP contribution is -2.38. The van der Waals surface area contributed by atoms with Gasteiger partial charge in [0.15, 0.2) is 0 Å². The molecule has 0 aliphatic carbocycles. The van der Waals surface area contributed by atoms with Crippen LogP contribution < -0.4 is 13.9 Å². The molecule has 3 rings (SSSR count). The number of nitrogens with one attached hydrogen (secondary N) is 1. The topological polar surface area (TPSA) is 92.8 Å². The highest BCUT2D eigenvalue weighted by molar-refractivity contribution is 7.90. The second kappa shape index (κ2) is 8.76. The third kappa shape index (κ3) is 4.92. The van der Waals surface area contributed by atoms with Gasteiger partial charge in [-0.05, 0) is 36.4 Å². The summed E-state index contributed by atoms with van der Waals surface area (Å²) < 4.78 is 32.3. The zero-order valence-electron chi connectivity index (χ0n) is 14.9. The van der Waals surface area contributed by atoms with Crippen molar-refractivity contribution in [1.82, 2.24) is 4.72 Å². The fraction of sp³-hybridized carbons (Fsp3) is 0. The summed E-state index contributed by atoms with van der Waals surface area (Å²) in [5.41, 5.74) is -0.0468. The van der Waals surface area contributed by atoms with Crippen molar-refractivity contribution >= 4 is 39.5 Å². The number of benzene rings is 3. The molecule has 3 aromatic rings. The molecule has 0 atom stereocenters. The van der Waals surface area contributed by atoms with Crippen molar-refractivity contribution in [3.63, 3.8) is 0 Å². The van der Waals surface area contributed by atoms with Crippen LogP contribution in [0.5, 0.6) is 5.75 Å². The maximum atomic E-state index is 12.5. The van der Waals surface area contributed by atoms with E-state index in [0.29, 0.717) is 10.2 Å². The second-order valence-electron chi connectivity index (χ2n) is 5.72. The minimum absolute atomic E-state index is 0.0152. The van der Waals surface area contributed by atoms with Crippen LogP contribution in [0.1, 0.15) is 10.4 Å². The van der Waals surface area contributed by atoms with Crippen LogP contribution in [0.4, 0.5) is 10.5 Å². The number of para-hydroxylation sites is 2. The zero-order valence-corrected chi connectivity index (χ0v) is 16.4. The van der Waals surface area contributed by atoms with Crippen molar-refractivity contribution in [3.05, 3.63) is 90.5 Å². The van der Waals surface area contributed by atoms with E-state index in [1.807, 2.05) is 4.72 Å². The Morgan fingerprint density at radius 1 is 0.828 bits per heavy atom. The van der Waals surface area contributed by atoms with Crippen LogP contribution in [-0.4, -0.2) is 20.4 Å². The molecule has 0 fully saturated rings. The Morgan fingerprint density at radius 3 is 2.03 bits per heavy atom. The molecule has 0 heterocycles. The number of anilines is 1. The van der Waals surface area contributed by atoms with E-state index in [0.717, 1.165) is 0 Å². The summed E-state index contributed by atoms with van der Waals surface area (Å²) in [6.07, 6.45) is 0. The van der Waals surface area contributed by atoms with E-state index in [2.05, 4.69) is 0 Å². The van der Waals surface area contributed by atoms with Crippen LogP contribution in [0.2, 0.25) is 0 Å². The number of carbonyl (C=O) groups excluding carboxylic acids is 2. The van der Waals surface area contributed by atoms with Gasteiger partial charge >= 0.3 is 12.0 Å². The van der Waals surface area contributed by atoms with Crippen molar-refractivity contribution in [2.75, 3.05) is 4.42 Å². The molecule has 29 heavy (non-hydrogen) atoms. The number of nitrogens with zero attached hydrogens (tertiary/aromatic N) is 1. The largest absolute Gasteiger partial charge is 0.423 e. The van der Waals surface area contributed by atoms with Crippen LogP contribution in [0, 0.1) is 0 Å². The molecule has 1 N–H and O–H groups in total. The Bertz CT molecular complexity index is 1120. The van der Waals surface area contributed by atoms with E-state index in [9.17, 15) is 18.0 Å². The molecule has 0 spiro atoms. The Hall–Kier alpha value is -3.36. The summed E-state index contributed by atoms with van der Waals surface area (Å²) in [5, 5.41) is 0. The Kier molecular flexibility index (Phi) is 6.16. The highest BCUT2D eigenvalue weighted by atomic mass is 35.5. The molecule has 0 radical (unpaired) electrons. The molecule has 0 aromatic heterocycles. The SMILES string of the molecule is O=C(Oc1ccccc1)c1ccccc1N(Cl)C(=O)NS(=O)(=O)c1ccccc1. The summed E-state index contributed by atoms with van der Waals surface area (Å²) in [4.78, 5) is 24.8. The predicted molar refractivity (Wildman–Crippen MR) is 108 cm³/mol. The Morgan fingerprint density at radius 2 is 1.38 bits per heavy atom. The summed E-state index contributed by atoms with van der Waals surface area (Å²) in [6.45, 7) is 0. The first-order valence-corrected chi connectivity index (χ1v) is 10.1. The van der Waals surface area contributed by atoms with Crippen molar-refractivity contribution in [1.29, 1.82) is 0 Å². The number of esters is 1. The number of urea groups is 1. The normalized spacial score (nSPS) is 10.8. The number of carbonyl (C=O) groups is 2. The molecule has 0 unspecified atom stereocenters. The number of ether oxygens (including phenoxy) is 1. The van der Waals surface area contributed by atoms with Crippen LogP contribution in [0.3, 0.4) is 0 Å². The van der Waals surface area contributed by atoms with E-state index in [-0.39, 0.29) is 16.1 Å². The van der Waals surface area contributed by atoms with Gasteiger partial charge in [-0.25, -0.2) is 27.1 Å². The fourth-order valence-electron chi connectivity index (χ4n) is 2.39. The van der Waals surface area contributed by atoms with Crippen molar-refractivity contribution in [2.45, 2.75) is 4.90 Å². The van der Waals surface area contributed by atoms with Gasteiger partial charge < -0.3 is 4.74 Å². The Labute approximate surface area is 172 Å². The second-order valence-corrected chi connectivity index (χ2v) is 7.74. The summed E-state index contributed by atoms with van der Waals surface area (Å²) in [6, 6.07) is 20.5. The summed E-state index contributed by atoms with van der Waals surface area (Å²) in [7, 11) is -4.14. The van der Waals surface area contributed by atoms with Crippen molar-refractivity contribution < 1.29 is 22.7 Å². The first-order valence-electron chi connectivity index (χ1n) is 8.32. The van der Waals surface area contributed by atoms with E-state index >= 15 is 0 Å². The predicted octanol–water partition coefficient (Wildman–Crippen LogP) is 3.96. The average molecular weight is 431 g/mol. The molecule has 0 saturated carbocycles. The first-order chi connectivity index (χ1) is 13.9. The van der Waals surface area contributed by atoms with Crippen LogP contribution in [0.15, 0.2) is 89.8 Å². The fourth-order valence-corrected chi connectivity index (χ4v) is 3.59. The van der Waals surface area contributed by atoms with Crippen LogP contribution in [-0.2, 0) is 10.0 Å². The monoisotopic (exact) mass is 430 g/mol. The van der Waals surface area contributed by atoms with Crippen molar-refractivity contribution in [3.8, 4) is 5.75 Å². The lowest BCUT2D eigenvalue weighted by molar-refractivity contribution is 0.0735. The minimum atomic E-state index is -4.14. The van der Waals surface area contributed by atoms with Gasteiger partial charge in [0.05, 0.1) is 16.1 Å². The van der Waals surface area contributed by atoms with E-state index in [1.165, 1.54) is 36.4 Å². The van der Waals surface area contributed by atoms with E-state index < -0.39 is 22.0 Å². The molecular formula is C20H15ClN2O5S. The average Bonchev–Trinajstić information content (AvgIpc) is 2.74. The smallest absolute Gasteiger partial charge is 0.350 e. The zero-order chi connectivity index (χ0) is 20.9. The standard InChI is InChI=1S/C20H15ClN2O5S/c21-23(20(25)22-29(26,27)16-11-5-2-6-12-16)18-14-8-7-13-17(18)19(24)28-15-9-3-1-4-10-15/h1-14H,(H,22,25). The number of hydrogen-bond donors (Lipinski definition) is 1. The first kappa shape index (κ1) is 20.4. The molecule has 9 heteroatoms. The van der Waals surface area contributed by atoms with Gasteiger partial charge in [0.2, 0.25) is 0 Å². The summed E-state index contributed by atoms with van der Waals surface area (Å²) >= 11 is 6.05. The molecule has 0 aliphatic rings. The van der Waals surface area contributed by atoms with Gasteiger partial charge in [0.1, 0.15) is 5.75 Å². The van der Waals surface area contributed by atoms with E-state index in [1.54, 1.807) is 48.5 Å². The molecule has 148 valence electrons. The number of halogens is 1. The molecule has 3 aromatic carbocycles. The number of hydrogen-bond acceptors (Lipinski definition) is 5. The van der Waals surface area contributed by atoms with Gasteiger partial charge in [0.25, 0.3) is 10.0 Å². The minimum Gasteiger partial charge on any atom is -0.423 e. The van der Waals surface area contributed by atoms with Crippen LogP contribution >= 0.6 is 11.8 Å². The number of amides is 2. The third-order valence-corrected chi connectivity index (χ3v) is 5.41. The maximum absolute atomic E-state index is 12.5. The van der Waals surface area contributed by atoms with Gasteiger partial charge in [-0.3, -0.25) is 0 Å². The highest BCUT2D eigenvalue weighted by Gasteiger charge is 2.25. The number of sulfonamides is 1. The van der Waals surface area contributed by atoms with Gasteiger partial charge in [-0.1, -0.05) is 48.5 Å². The number of rotatable bonds is 5. The van der Waals surface area contributed by atoms with Crippen LogP contribution in [0.25, 0.3) is 0 Å². The lowest BCUT2D eigenvalue weighted by Gasteiger charge is -2.17. The molecular weight excluding hydrogens is 416 g/mol. The van der Waals surface area contributed by atoms with Crippen molar-refractivity contribution in [2.24, 2.45) is 0 Å². The van der Waals surface area contributed by atoms with E-state index in [4.69, 9.17) is 16.5 Å². The quantitative estimate of drug-likeness (QED) is 0.375. The van der Waals surface area contributed by atoms with Gasteiger partial charge in [-0.2, -0.15) is 0 Å². The molecule has 0 aliphatic heterocycles. The molecule has 0 saturated heterocycles. The van der Waals surface area contributed by atoms with Gasteiger partial charge in [-0.15, -0.1) is 0 Å². The molecule has 2 amide bonds. The highest BCUT2D eigenvalue weighted by Crippen LogP contribution is 2.24. The summed E-state index contributed by atoms with van der Waals surface area (Å²) in [5.74, 6) is -0.444. The molecule has 0 bridgehead atoms. The third-order valence-electron chi connectivity index (χ3n) is 3.74. The lowest BCUT2D eigenvalue weighted by atomic mass is 10.2. The van der Waals surface area contributed by atoms with Gasteiger partial charge in [0, 0.05) is 11.8 Å².